The van der Waals surface area contributed by atoms with Gasteiger partial charge in [-0.2, -0.15) is 0 Å². The summed E-state index contributed by atoms with van der Waals surface area (Å²) < 4.78 is 11.9. The fraction of sp³-hybridized carbons (Fsp3) is 0.438. The molecule has 1 aliphatic rings. The lowest BCUT2D eigenvalue weighted by molar-refractivity contribution is -0.153. The fourth-order valence-electron chi connectivity index (χ4n) is 3.01. The number of carbonyl (C=O) groups excluding carboxylic acids is 1. The van der Waals surface area contributed by atoms with E-state index in [2.05, 4.69) is 20.9 Å². The quantitative estimate of drug-likeness (QED) is 0.856. The van der Waals surface area contributed by atoms with Gasteiger partial charge in [-0.15, -0.1) is 0 Å². The van der Waals surface area contributed by atoms with Crippen LogP contribution in [0.2, 0.25) is 0 Å². The van der Waals surface area contributed by atoms with Gasteiger partial charge < -0.3 is 14.5 Å². The van der Waals surface area contributed by atoms with Gasteiger partial charge in [0, 0.05) is 28.7 Å². The van der Waals surface area contributed by atoms with E-state index < -0.39 is 0 Å². The zero-order chi connectivity index (χ0) is 14.8. The van der Waals surface area contributed by atoms with Crippen molar-refractivity contribution in [2.75, 3.05) is 7.11 Å². The SMILES string of the molecule is CO[C@H]1CCC[C@@H]1OC(=O)Cc1c[nH]c2cccc(Br)c12. The summed E-state index contributed by atoms with van der Waals surface area (Å²) in [6.45, 7) is 0. The van der Waals surface area contributed by atoms with Crippen molar-refractivity contribution in [2.45, 2.75) is 37.9 Å². The van der Waals surface area contributed by atoms with Crippen LogP contribution in [0.4, 0.5) is 0 Å². The summed E-state index contributed by atoms with van der Waals surface area (Å²) in [4.78, 5) is 15.4. The maximum atomic E-state index is 12.2. The third-order valence-electron chi connectivity index (χ3n) is 4.05. The number of halogens is 1. The third-order valence-corrected chi connectivity index (χ3v) is 4.71. The van der Waals surface area contributed by atoms with Gasteiger partial charge >= 0.3 is 5.97 Å². The largest absolute Gasteiger partial charge is 0.459 e. The van der Waals surface area contributed by atoms with Gasteiger partial charge in [0.15, 0.2) is 0 Å². The summed E-state index contributed by atoms with van der Waals surface area (Å²) in [5.74, 6) is -0.194. The Morgan fingerprint density at radius 1 is 1.38 bits per heavy atom. The van der Waals surface area contributed by atoms with Crippen molar-refractivity contribution >= 4 is 32.8 Å². The number of H-pyrrole nitrogens is 1. The van der Waals surface area contributed by atoms with Gasteiger partial charge in [0.2, 0.25) is 0 Å². The number of hydrogen-bond acceptors (Lipinski definition) is 3. The van der Waals surface area contributed by atoms with Gasteiger partial charge in [-0.3, -0.25) is 4.79 Å². The second-order valence-corrected chi connectivity index (χ2v) is 6.24. The predicted octanol–water partition coefficient (Wildman–Crippen LogP) is 3.58. The number of carbonyl (C=O) groups is 1. The summed E-state index contributed by atoms with van der Waals surface area (Å²) in [6.07, 6.45) is 5.00. The number of ether oxygens (including phenoxy) is 2. The molecule has 0 saturated heterocycles. The van der Waals surface area contributed by atoms with E-state index in [1.807, 2.05) is 24.4 Å². The average molecular weight is 352 g/mol. The molecule has 3 rings (SSSR count). The molecule has 2 atom stereocenters. The number of methoxy groups -OCH3 is 1. The Morgan fingerprint density at radius 3 is 3.00 bits per heavy atom. The van der Waals surface area contributed by atoms with Gasteiger partial charge in [0.1, 0.15) is 6.10 Å². The van der Waals surface area contributed by atoms with Crippen molar-refractivity contribution in [3.05, 3.63) is 34.4 Å². The number of esters is 1. The van der Waals surface area contributed by atoms with Crippen LogP contribution in [0.3, 0.4) is 0 Å². The predicted molar refractivity (Wildman–Crippen MR) is 84.2 cm³/mol. The number of aromatic nitrogens is 1. The van der Waals surface area contributed by atoms with Crippen LogP contribution in [0, 0.1) is 0 Å². The van der Waals surface area contributed by atoms with Crippen LogP contribution in [-0.4, -0.2) is 30.3 Å². The first-order valence-corrected chi connectivity index (χ1v) is 7.95. The van der Waals surface area contributed by atoms with Crippen LogP contribution in [0.25, 0.3) is 10.9 Å². The smallest absolute Gasteiger partial charge is 0.310 e. The molecule has 1 fully saturated rings. The highest BCUT2D eigenvalue weighted by Gasteiger charge is 2.30. The molecule has 4 nitrogen and oxygen atoms in total. The first-order chi connectivity index (χ1) is 10.2. The molecule has 1 aromatic carbocycles. The van der Waals surface area contributed by atoms with Crippen LogP contribution < -0.4 is 0 Å². The van der Waals surface area contributed by atoms with Crippen molar-refractivity contribution < 1.29 is 14.3 Å². The molecule has 1 aromatic heterocycles. The maximum Gasteiger partial charge on any atom is 0.310 e. The van der Waals surface area contributed by atoms with Gasteiger partial charge in [-0.1, -0.05) is 22.0 Å². The summed E-state index contributed by atoms with van der Waals surface area (Å²) in [7, 11) is 1.67. The van der Waals surface area contributed by atoms with Crippen molar-refractivity contribution in [1.82, 2.24) is 4.98 Å². The lowest BCUT2D eigenvalue weighted by Gasteiger charge is -2.18. The number of fused-ring (bicyclic) bond motifs is 1. The first-order valence-electron chi connectivity index (χ1n) is 7.16. The molecular formula is C16H18BrNO3. The van der Waals surface area contributed by atoms with E-state index >= 15 is 0 Å². The van der Waals surface area contributed by atoms with Crippen LogP contribution >= 0.6 is 15.9 Å². The topological polar surface area (TPSA) is 51.3 Å². The molecule has 0 amide bonds. The third kappa shape index (κ3) is 2.99. The molecule has 0 bridgehead atoms. The van der Waals surface area contributed by atoms with E-state index in [1.54, 1.807) is 7.11 Å². The normalized spacial score (nSPS) is 21.8. The van der Waals surface area contributed by atoms with Crippen molar-refractivity contribution in [2.24, 2.45) is 0 Å². The lowest BCUT2D eigenvalue weighted by Crippen LogP contribution is -2.28. The highest BCUT2D eigenvalue weighted by atomic mass is 79.9. The molecule has 1 aliphatic carbocycles. The minimum Gasteiger partial charge on any atom is -0.459 e. The standard InChI is InChI=1S/C16H18BrNO3/c1-20-13-6-3-7-14(13)21-15(19)8-10-9-18-12-5-2-4-11(17)16(10)12/h2,4-5,9,13-14,18H,3,6-8H2,1H3/t13-,14-/m0/s1. The zero-order valence-corrected chi connectivity index (χ0v) is 13.5. The van der Waals surface area contributed by atoms with Gasteiger partial charge in [0.25, 0.3) is 0 Å². The summed E-state index contributed by atoms with van der Waals surface area (Å²) in [5.41, 5.74) is 1.97. The minimum absolute atomic E-state index is 0.0451. The van der Waals surface area contributed by atoms with Crippen LogP contribution in [0.1, 0.15) is 24.8 Å². The van der Waals surface area contributed by atoms with Crippen LogP contribution in [-0.2, 0) is 20.7 Å². The number of nitrogens with one attached hydrogen (secondary N) is 1. The number of rotatable bonds is 4. The summed E-state index contributed by atoms with van der Waals surface area (Å²) in [6, 6.07) is 5.93. The molecule has 5 heteroatoms. The average Bonchev–Trinajstić information content (AvgIpc) is 3.06. The Bertz CT molecular complexity index is 652. The number of benzene rings is 1. The van der Waals surface area contributed by atoms with E-state index in [-0.39, 0.29) is 24.6 Å². The Hall–Kier alpha value is -1.33. The summed E-state index contributed by atoms with van der Waals surface area (Å²) >= 11 is 3.53. The number of hydrogen-bond donors (Lipinski definition) is 1. The Morgan fingerprint density at radius 2 is 2.19 bits per heavy atom. The molecule has 1 N–H and O–H groups in total. The van der Waals surface area contributed by atoms with Crippen molar-refractivity contribution in [1.29, 1.82) is 0 Å². The molecular weight excluding hydrogens is 334 g/mol. The van der Waals surface area contributed by atoms with Gasteiger partial charge in [0.05, 0.1) is 12.5 Å². The lowest BCUT2D eigenvalue weighted by atomic mass is 10.1. The van der Waals surface area contributed by atoms with E-state index in [4.69, 9.17) is 9.47 Å². The first kappa shape index (κ1) is 14.6. The van der Waals surface area contributed by atoms with Crippen molar-refractivity contribution in [3.63, 3.8) is 0 Å². The fourth-order valence-corrected chi connectivity index (χ4v) is 3.63. The molecule has 0 aliphatic heterocycles. The molecule has 0 spiro atoms. The van der Waals surface area contributed by atoms with E-state index in [9.17, 15) is 4.79 Å². The zero-order valence-electron chi connectivity index (χ0n) is 11.9. The molecule has 2 aromatic rings. The number of aromatic amines is 1. The Labute approximate surface area is 131 Å². The molecule has 112 valence electrons. The Balaban J connectivity index is 1.72. The second-order valence-electron chi connectivity index (χ2n) is 5.39. The summed E-state index contributed by atoms with van der Waals surface area (Å²) in [5, 5.41) is 1.05. The highest BCUT2D eigenvalue weighted by Crippen LogP contribution is 2.28. The molecule has 1 heterocycles. The van der Waals surface area contributed by atoms with E-state index in [0.717, 1.165) is 40.2 Å². The van der Waals surface area contributed by atoms with E-state index in [0.29, 0.717) is 0 Å². The highest BCUT2D eigenvalue weighted by molar-refractivity contribution is 9.10. The van der Waals surface area contributed by atoms with Gasteiger partial charge in [-0.05, 0) is 37.0 Å². The maximum absolute atomic E-state index is 12.2. The van der Waals surface area contributed by atoms with Gasteiger partial charge in [-0.25, -0.2) is 0 Å². The van der Waals surface area contributed by atoms with Crippen LogP contribution in [0.15, 0.2) is 28.9 Å². The Kier molecular flexibility index (Phi) is 4.31. The molecule has 1 saturated carbocycles. The van der Waals surface area contributed by atoms with Crippen LogP contribution in [0.5, 0.6) is 0 Å². The monoisotopic (exact) mass is 351 g/mol. The second kappa shape index (κ2) is 6.20. The van der Waals surface area contributed by atoms with Crippen molar-refractivity contribution in [3.8, 4) is 0 Å². The molecule has 21 heavy (non-hydrogen) atoms. The van der Waals surface area contributed by atoms with E-state index in [1.165, 1.54) is 0 Å². The molecule has 0 radical (unpaired) electrons. The minimum atomic E-state index is -0.194. The molecule has 0 unspecified atom stereocenters.